The van der Waals surface area contributed by atoms with Crippen LogP contribution in [0.15, 0.2) is 29.4 Å². The summed E-state index contributed by atoms with van der Waals surface area (Å²) in [5.74, 6) is -0.0308. The number of amides is 1. The van der Waals surface area contributed by atoms with Gasteiger partial charge in [-0.2, -0.15) is 5.10 Å². The van der Waals surface area contributed by atoms with E-state index in [-0.39, 0.29) is 5.91 Å². The normalized spacial score (nSPS) is 17.0. The van der Waals surface area contributed by atoms with Gasteiger partial charge in [-0.15, -0.1) is 0 Å². The number of halogens is 1. The summed E-state index contributed by atoms with van der Waals surface area (Å²) in [6.07, 6.45) is 3.67. The van der Waals surface area contributed by atoms with Gasteiger partial charge in [0, 0.05) is 3.57 Å². The van der Waals surface area contributed by atoms with Crippen LogP contribution in [0.4, 0.5) is 0 Å². The first kappa shape index (κ1) is 15.4. The predicted octanol–water partition coefficient (Wildman–Crippen LogP) is 2.62. The number of nitrogens with one attached hydrogen (secondary N) is 1. The number of likely N-dealkylation sites (tertiary alicyclic amines) is 1. The fraction of sp³-hybridized carbons (Fsp3) is 0.467. The van der Waals surface area contributed by atoms with Crippen molar-refractivity contribution in [1.82, 2.24) is 10.3 Å². The molecule has 0 radical (unpaired) electrons. The van der Waals surface area contributed by atoms with Gasteiger partial charge in [-0.05, 0) is 73.1 Å². The van der Waals surface area contributed by atoms with E-state index < -0.39 is 0 Å². The topological polar surface area (TPSA) is 44.7 Å². The molecule has 1 heterocycles. The SMILES string of the molecule is C/C(=N/NC(=O)CN1CCCCC1)c1ccc(I)cc1. The maximum absolute atomic E-state index is 11.8. The van der Waals surface area contributed by atoms with Crippen LogP contribution in [-0.2, 0) is 4.79 Å². The molecule has 20 heavy (non-hydrogen) atoms. The van der Waals surface area contributed by atoms with Crippen LogP contribution < -0.4 is 5.43 Å². The molecule has 1 aliphatic heterocycles. The molecule has 0 aliphatic carbocycles. The van der Waals surface area contributed by atoms with Crippen LogP contribution in [0.5, 0.6) is 0 Å². The summed E-state index contributed by atoms with van der Waals surface area (Å²) in [6, 6.07) is 8.09. The van der Waals surface area contributed by atoms with E-state index in [1.54, 1.807) is 0 Å². The highest BCUT2D eigenvalue weighted by Gasteiger charge is 2.13. The molecule has 1 aromatic carbocycles. The van der Waals surface area contributed by atoms with Crippen LogP contribution in [0.1, 0.15) is 31.7 Å². The van der Waals surface area contributed by atoms with E-state index in [2.05, 4.69) is 38.0 Å². The van der Waals surface area contributed by atoms with Crippen molar-refractivity contribution < 1.29 is 4.79 Å². The molecule has 0 atom stereocenters. The van der Waals surface area contributed by atoms with Crippen LogP contribution in [0, 0.1) is 3.57 Å². The van der Waals surface area contributed by atoms with Crippen LogP contribution in [-0.4, -0.2) is 36.2 Å². The lowest BCUT2D eigenvalue weighted by Gasteiger charge is -2.25. The lowest BCUT2D eigenvalue weighted by molar-refractivity contribution is -0.122. The standard InChI is InChI=1S/C15H20IN3O/c1-12(13-5-7-14(16)8-6-13)17-18-15(20)11-19-9-3-2-4-10-19/h5-8H,2-4,9-11H2,1H3,(H,18,20)/b17-12-. The third kappa shape index (κ3) is 4.86. The third-order valence-corrected chi connectivity index (χ3v) is 4.15. The molecule has 1 saturated heterocycles. The second-order valence-corrected chi connectivity index (χ2v) is 6.32. The number of carbonyl (C=O) groups excluding carboxylic acids is 1. The van der Waals surface area contributed by atoms with Gasteiger partial charge in [0.1, 0.15) is 0 Å². The zero-order chi connectivity index (χ0) is 14.4. The Balaban J connectivity index is 1.84. The molecule has 108 valence electrons. The maximum atomic E-state index is 11.8. The summed E-state index contributed by atoms with van der Waals surface area (Å²) in [5, 5.41) is 4.18. The average molecular weight is 385 g/mol. The predicted molar refractivity (Wildman–Crippen MR) is 89.8 cm³/mol. The van der Waals surface area contributed by atoms with Crippen molar-refractivity contribution >= 4 is 34.2 Å². The van der Waals surface area contributed by atoms with Gasteiger partial charge >= 0.3 is 0 Å². The van der Waals surface area contributed by atoms with E-state index >= 15 is 0 Å². The quantitative estimate of drug-likeness (QED) is 0.492. The van der Waals surface area contributed by atoms with Crippen LogP contribution in [0.25, 0.3) is 0 Å². The maximum Gasteiger partial charge on any atom is 0.254 e. The highest BCUT2D eigenvalue weighted by atomic mass is 127. The Morgan fingerprint density at radius 3 is 2.55 bits per heavy atom. The van der Waals surface area contributed by atoms with Gasteiger partial charge < -0.3 is 0 Å². The number of benzene rings is 1. The second-order valence-electron chi connectivity index (χ2n) is 5.08. The monoisotopic (exact) mass is 385 g/mol. The molecule has 0 bridgehead atoms. The molecule has 0 saturated carbocycles. The van der Waals surface area contributed by atoms with E-state index in [1.807, 2.05) is 31.2 Å². The van der Waals surface area contributed by atoms with Crippen molar-refractivity contribution in [1.29, 1.82) is 0 Å². The average Bonchev–Trinajstić information content (AvgIpc) is 2.46. The molecule has 1 aliphatic rings. The summed E-state index contributed by atoms with van der Waals surface area (Å²) in [6.45, 7) is 4.40. The Kier molecular flexibility index (Phi) is 5.97. The van der Waals surface area contributed by atoms with E-state index in [9.17, 15) is 4.79 Å². The fourth-order valence-electron chi connectivity index (χ4n) is 2.26. The zero-order valence-corrected chi connectivity index (χ0v) is 13.9. The zero-order valence-electron chi connectivity index (χ0n) is 11.7. The molecule has 0 spiro atoms. The van der Waals surface area contributed by atoms with E-state index in [0.29, 0.717) is 6.54 Å². The van der Waals surface area contributed by atoms with Crippen LogP contribution >= 0.6 is 22.6 Å². The molecule has 1 N–H and O–H groups in total. The highest BCUT2D eigenvalue weighted by molar-refractivity contribution is 14.1. The molecule has 5 heteroatoms. The van der Waals surface area contributed by atoms with E-state index in [0.717, 1.165) is 24.4 Å². The first-order valence-corrected chi connectivity index (χ1v) is 8.04. The lowest BCUT2D eigenvalue weighted by Crippen LogP contribution is -2.38. The van der Waals surface area contributed by atoms with Crippen molar-refractivity contribution in [3.05, 3.63) is 33.4 Å². The minimum Gasteiger partial charge on any atom is -0.294 e. The Hall–Kier alpha value is -0.950. The Morgan fingerprint density at radius 2 is 1.90 bits per heavy atom. The van der Waals surface area contributed by atoms with Crippen LogP contribution in [0.2, 0.25) is 0 Å². The van der Waals surface area contributed by atoms with Gasteiger partial charge in [0.15, 0.2) is 0 Å². The minimum atomic E-state index is -0.0308. The third-order valence-electron chi connectivity index (χ3n) is 3.43. The lowest BCUT2D eigenvalue weighted by atomic mass is 10.1. The number of carbonyl (C=O) groups is 1. The molecule has 2 rings (SSSR count). The fourth-order valence-corrected chi connectivity index (χ4v) is 2.62. The first-order chi connectivity index (χ1) is 9.65. The molecule has 1 fully saturated rings. The minimum absolute atomic E-state index is 0.0308. The number of hydrazone groups is 1. The van der Waals surface area contributed by atoms with E-state index in [1.165, 1.54) is 22.8 Å². The molecule has 0 aromatic heterocycles. The van der Waals surface area contributed by atoms with Crippen molar-refractivity contribution in [3.63, 3.8) is 0 Å². The summed E-state index contributed by atoms with van der Waals surface area (Å²) < 4.78 is 1.19. The van der Waals surface area contributed by atoms with E-state index in [4.69, 9.17) is 0 Å². The summed E-state index contributed by atoms with van der Waals surface area (Å²) in [7, 11) is 0. The van der Waals surface area contributed by atoms with Crippen molar-refractivity contribution in [2.45, 2.75) is 26.2 Å². The molecular formula is C15H20IN3O. The Labute approximate surface area is 133 Å². The number of hydrogen-bond acceptors (Lipinski definition) is 3. The number of hydrogen-bond donors (Lipinski definition) is 1. The van der Waals surface area contributed by atoms with Crippen molar-refractivity contribution in [2.24, 2.45) is 5.10 Å². The number of piperidine rings is 1. The van der Waals surface area contributed by atoms with Gasteiger partial charge in [0.25, 0.3) is 5.91 Å². The van der Waals surface area contributed by atoms with Gasteiger partial charge in [-0.25, -0.2) is 5.43 Å². The van der Waals surface area contributed by atoms with Gasteiger partial charge in [0.2, 0.25) is 0 Å². The van der Waals surface area contributed by atoms with Gasteiger partial charge in [-0.1, -0.05) is 18.6 Å². The van der Waals surface area contributed by atoms with Crippen molar-refractivity contribution in [2.75, 3.05) is 19.6 Å². The smallest absolute Gasteiger partial charge is 0.254 e. The molecular weight excluding hydrogens is 365 g/mol. The summed E-state index contributed by atoms with van der Waals surface area (Å²) in [5.41, 5.74) is 4.51. The first-order valence-electron chi connectivity index (χ1n) is 6.96. The molecule has 0 unspecified atom stereocenters. The highest BCUT2D eigenvalue weighted by Crippen LogP contribution is 2.08. The number of nitrogens with zero attached hydrogens (tertiary/aromatic N) is 2. The van der Waals surface area contributed by atoms with Gasteiger partial charge in [-0.3, -0.25) is 9.69 Å². The van der Waals surface area contributed by atoms with Crippen LogP contribution in [0.3, 0.4) is 0 Å². The summed E-state index contributed by atoms with van der Waals surface area (Å²) in [4.78, 5) is 14.0. The van der Waals surface area contributed by atoms with Crippen molar-refractivity contribution in [3.8, 4) is 0 Å². The molecule has 4 nitrogen and oxygen atoms in total. The van der Waals surface area contributed by atoms with Gasteiger partial charge in [0.05, 0.1) is 12.3 Å². The largest absolute Gasteiger partial charge is 0.294 e. The Bertz CT molecular complexity index is 478. The Morgan fingerprint density at radius 1 is 1.25 bits per heavy atom. The summed E-state index contributed by atoms with van der Waals surface area (Å²) >= 11 is 2.27. The number of rotatable bonds is 4. The molecule has 1 aromatic rings. The molecule has 1 amide bonds. The second kappa shape index (κ2) is 7.73.